The minimum Gasteiger partial charge on any atom is -0.336 e. The summed E-state index contributed by atoms with van der Waals surface area (Å²) in [5.41, 5.74) is 0.577. The fraction of sp³-hybridized carbons (Fsp3) is 0.533. The van der Waals surface area contributed by atoms with Gasteiger partial charge in [0.1, 0.15) is 0 Å². The standard InChI is InChI=1S/C15H21BrClN3O/c1-18(2)5-6-19-7-9-20(10-8-19)15(21)13-11-12(16)3-4-14(13)17/h3-4,11H,5-10H2,1-2H3. The van der Waals surface area contributed by atoms with Crippen molar-refractivity contribution in [1.82, 2.24) is 14.7 Å². The van der Waals surface area contributed by atoms with Gasteiger partial charge in [-0.25, -0.2) is 0 Å². The molecule has 1 amide bonds. The van der Waals surface area contributed by atoms with Crippen molar-refractivity contribution in [1.29, 1.82) is 0 Å². The van der Waals surface area contributed by atoms with Crippen molar-refractivity contribution in [2.24, 2.45) is 0 Å². The largest absolute Gasteiger partial charge is 0.336 e. The molecule has 0 aliphatic carbocycles. The predicted octanol–water partition coefficient (Wildman–Crippen LogP) is 2.42. The average Bonchev–Trinajstić information content (AvgIpc) is 2.47. The molecule has 1 heterocycles. The Labute approximate surface area is 139 Å². The summed E-state index contributed by atoms with van der Waals surface area (Å²) in [6.07, 6.45) is 0. The molecule has 21 heavy (non-hydrogen) atoms. The van der Waals surface area contributed by atoms with Crippen molar-refractivity contribution in [3.63, 3.8) is 0 Å². The van der Waals surface area contributed by atoms with Crippen LogP contribution in [0.25, 0.3) is 0 Å². The highest BCUT2D eigenvalue weighted by Crippen LogP contribution is 2.23. The van der Waals surface area contributed by atoms with Crippen molar-refractivity contribution in [2.75, 3.05) is 53.4 Å². The van der Waals surface area contributed by atoms with E-state index in [2.05, 4.69) is 39.8 Å². The zero-order chi connectivity index (χ0) is 15.4. The Morgan fingerprint density at radius 2 is 1.95 bits per heavy atom. The number of likely N-dealkylation sites (N-methyl/N-ethyl adjacent to an activating group) is 1. The topological polar surface area (TPSA) is 26.8 Å². The molecule has 1 fully saturated rings. The molecule has 0 unspecified atom stereocenters. The molecule has 0 bridgehead atoms. The third-order valence-electron chi connectivity index (χ3n) is 3.68. The third-order valence-corrected chi connectivity index (χ3v) is 4.50. The molecule has 1 aromatic rings. The van der Waals surface area contributed by atoms with E-state index in [1.807, 2.05) is 11.0 Å². The number of piperazine rings is 1. The van der Waals surface area contributed by atoms with Crippen LogP contribution in [0.15, 0.2) is 22.7 Å². The fourth-order valence-corrected chi connectivity index (χ4v) is 2.91. The Balaban J connectivity index is 1.92. The van der Waals surface area contributed by atoms with E-state index in [-0.39, 0.29) is 5.91 Å². The summed E-state index contributed by atoms with van der Waals surface area (Å²) < 4.78 is 0.875. The van der Waals surface area contributed by atoms with Crippen molar-refractivity contribution in [2.45, 2.75) is 0 Å². The van der Waals surface area contributed by atoms with Crippen LogP contribution in [0.1, 0.15) is 10.4 Å². The maximum atomic E-state index is 12.5. The first kappa shape index (κ1) is 16.7. The summed E-state index contributed by atoms with van der Waals surface area (Å²) in [6.45, 7) is 5.46. The highest BCUT2D eigenvalue weighted by atomic mass is 79.9. The zero-order valence-corrected chi connectivity index (χ0v) is 14.8. The lowest BCUT2D eigenvalue weighted by atomic mass is 10.2. The summed E-state index contributed by atoms with van der Waals surface area (Å²) >= 11 is 9.53. The van der Waals surface area contributed by atoms with E-state index in [0.717, 1.165) is 43.7 Å². The molecule has 116 valence electrons. The van der Waals surface area contributed by atoms with Gasteiger partial charge in [-0.1, -0.05) is 27.5 Å². The number of nitrogens with zero attached hydrogens (tertiary/aromatic N) is 3. The quantitative estimate of drug-likeness (QED) is 0.810. The molecule has 0 radical (unpaired) electrons. The molecule has 1 saturated heterocycles. The number of hydrogen-bond acceptors (Lipinski definition) is 3. The molecule has 1 aliphatic heterocycles. The van der Waals surface area contributed by atoms with Gasteiger partial charge < -0.3 is 9.80 Å². The van der Waals surface area contributed by atoms with Gasteiger partial charge in [-0.3, -0.25) is 9.69 Å². The lowest BCUT2D eigenvalue weighted by Crippen LogP contribution is -2.50. The molecule has 2 rings (SSSR count). The van der Waals surface area contributed by atoms with Crippen LogP contribution >= 0.6 is 27.5 Å². The van der Waals surface area contributed by atoms with Crippen molar-refractivity contribution < 1.29 is 4.79 Å². The molecule has 0 saturated carbocycles. The van der Waals surface area contributed by atoms with E-state index in [1.54, 1.807) is 12.1 Å². The minimum atomic E-state index is 0.0218. The third kappa shape index (κ3) is 4.68. The Kier molecular flexibility index (Phi) is 6.05. The second-order valence-corrected chi connectivity index (χ2v) is 6.88. The van der Waals surface area contributed by atoms with E-state index < -0.39 is 0 Å². The highest BCUT2D eigenvalue weighted by molar-refractivity contribution is 9.10. The molecule has 4 nitrogen and oxygen atoms in total. The number of rotatable bonds is 4. The number of carbonyl (C=O) groups excluding carboxylic acids is 1. The first-order valence-corrected chi connectivity index (χ1v) is 8.26. The monoisotopic (exact) mass is 373 g/mol. The van der Waals surface area contributed by atoms with Crippen molar-refractivity contribution in [3.8, 4) is 0 Å². The van der Waals surface area contributed by atoms with E-state index in [4.69, 9.17) is 11.6 Å². The number of halogens is 2. The number of amides is 1. The molecule has 0 spiro atoms. The molecular formula is C15H21BrClN3O. The smallest absolute Gasteiger partial charge is 0.255 e. The van der Waals surface area contributed by atoms with E-state index in [1.165, 1.54) is 0 Å². The van der Waals surface area contributed by atoms with Crippen LogP contribution in [0.3, 0.4) is 0 Å². The second kappa shape index (κ2) is 7.58. The van der Waals surface area contributed by atoms with Crippen LogP contribution in [0.5, 0.6) is 0 Å². The molecular weight excluding hydrogens is 354 g/mol. The molecule has 1 aromatic carbocycles. The number of carbonyl (C=O) groups is 1. The fourth-order valence-electron chi connectivity index (χ4n) is 2.35. The molecule has 1 aliphatic rings. The van der Waals surface area contributed by atoms with Gasteiger partial charge in [0.05, 0.1) is 10.6 Å². The average molecular weight is 375 g/mol. The summed E-state index contributed by atoms with van der Waals surface area (Å²) in [6, 6.07) is 5.40. The van der Waals surface area contributed by atoms with Crippen LogP contribution < -0.4 is 0 Å². The molecule has 6 heteroatoms. The SMILES string of the molecule is CN(C)CCN1CCN(C(=O)c2cc(Br)ccc2Cl)CC1. The summed E-state index contributed by atoms with van der Waals surface area (Å²) in [7, 11) is 4.16. The van der Waals surface area contributed by atoms with Gasteiger partial charge in [-0.05, 0) is 32.3 Å². The van der Waals surface area contributed by atoms with Gasteiger partial charge in [0.2, 0.25) is 0 Å². The van der Waals surface area contributed by atoms with Crippen LogP contribution in [-0.4, -0.2) is 74.0 Å². The first-order valence-electron chi connectivity index (χ1n) is 7.09. The van der Waals surface area contributed by atoms with E-state index in [9.17, 15) is 4.79 Å². The number of hydrogen-bond donors (Lipinski definition) is 0. The Hall–Kier alpha value is -0.620. The summed E-state index contributed by atoms with van der Waals surface area (Å²) in [4.78, 5) is 19.0. The summed E-state index contributed by atoms with van der Waals surface area (Å²) in [5.74, 6) is 0.0218. The van der Waals surface area contributed by atoms with Gasteiger partial charge in [-0.2, -0.15) is 0 Å². The lowest BCUT2D eigenvalue weighted by Gasteiger charge is -2.35. The van der Waals surface area contributed by atoms with Gasteiger partial charge in [0.25, 0.3) is 5.91 Å². The lowest BCUT2D eigenvalue weighted by molar-refractivity contribution is 0.0630. The maximum Gasteiger partial charge on any atom is 0.255 e. The second-order valence-electron chi connectivity index (χ2n) is 5.56. The van der Waals surface area contributed by atoms with Gasteiger partial charge in [-0.15, -0.1) is 0 Å². The van der Waals surface area contributed by atoms with E-state index in [0.29, 0.717) is 10.6 Å². The molecule has 0 N–H and O–H groups in total. The summed E-state index contributed by atoms with van der Waals surface area (Å²) in [5, 5.41) is 0.512. The van der Waals surface area contributed by atoms with Crippen molar-refractivity contribution in [3.05, 3.63) is 33.3 Å². The zero-order valence-electron chi connectivity index (χ0n) is 12.5. The van der Waals surface area contributed by atoms with Crippen LogP contribution in [0.4, 0.5) is 0 Å². The van der Waals surface area contributed by atoms with Crippen LogP contribution in [-0.2, 0) is 0 Å². The first-order chi connectivity index (χ1) is 9.97. The van der Waals surface area contributed by atoms with Crippen molar-refractivity contribution >= 4 is 33.4 Å². The predicted molar refractivity (Wildman–Crippen MR) is 90.0 cm³/mol. The normalized spacial score (nSPS) is 16.5. The Morgan fingerprint density at radius 3 is 2.57 bits per heavy atom. The van der Waals surface area contributed by atoms with E-state index >= 15 is 0 Å². The van der Waals surface area contributed by atoms with Gasteiger partial charge >= 0.3 is 0 Å². The Bertz CT molecular complexity index is 502. The van der Waals surface area contributed by atoms with Gasteiger partial charge in [0, 0.05) is 43.7 Å². The van der Waals surface area contributed by atoms with Crippen LogP contribution in [0, 0.1) is 0 Å². The van der Waals surface area contributed by atoms with Crippen LogP contribution in [0.2, 0.25) is 5.02 Å². The maximum absolute atomic E-state index is 12.5. The highest BCUT2D eigenvalue weighted by Gasteiger charge is 2.23. The minimum absolute atomic E-state index is 0.0218. The van der Waals surface area contributed by atoms with Gasteiger partial charge in [0.15, 0.2) is 0 Å². The molecule has 0 atom stereocenters. The Morgan fingerprint density at radius 1 is 1.29 bits per heavy atom. The number of benzene rings is 1. The molecule has 0 aromatic heterocycles.